The first-order valence-electron chi connectivity index (χ1n) is 13.4. The summed E-state index contributed by atoms with van der Waals surface area (Å²) in [6, 6.07) is 14.1. The predicted octanol–water partition coefficient (Wildman–Crippen LogP) is 8.80. The van der Waals surface area contributed by atoms with Gasteiger partial charge in [0, 0.05) is 12.6 Å². The van der Waals surface area contributed by atoms with Gasteiger partial charge in [-0.1, -0.05) is 63.1 Å². The molecule has 208 valence electrons. The molecule has 1 aliphatic carbocycles. The number of hydrogen-bond donors (Lipinski definition) is 0. The zero-order valence-electron chi connectivity index (χ0n) is 22.0. The zero-order chi connectivity index (χ0) is 28.0. The second-order valence-corrected chi connectivity index (χ2v) is 10.3. The van der Waals surface area contributed by atoms with Crippen molar-refractivity contribution in [2.75, 3.05) is 13.1 Å². The number of nitrogens with zero attached hydrogens (tertiary/aromatic N) is 2. The van der Waals surface area contributed by atoms with Crippen LogP contribution in [0.5, 0.6) is 0 Å². The maximum atomic E-state index is 14.2. The van der Waals surface area contributed by atoms with Gasteiger partial charge in [-0.05, 0) is 74.2 Å². The molecule has 38 heavy (non-hydrogen) atoms. The molecule has 0 aliphatic heterocycles. The van der Waals surface area contributed by atoms with Crippen LogP contribution in [0.25, 0.3) is 0 Å². The first kappa shape index (κ1) is 30.0. The quantitative estimate of drug-likeness (QED) is 0.267. The Morgan fingerprint density at radius 2 is 1.47 bits per heavy atom. The monoisotopic (exact) mass is 538 g/mol. The molecule has 2 aromatic rings. The molecule has 3 rings (SSSR count). The molecule has 8 heteroatoms. The number of halogens is 6. The first-order chi connectivity index (χ1) is 18.0. The van der Waals surface area contributed by atoms with Crippen LogP contribution in [0.3, 0.4) is 0 Å². The fraction of sp³-hybridized carbons (Fsp3) is 0.567. The Balaban J connectivity index is 2.02. The summed E-state index contributed by atoms with van der Waals surface area (Å²) in [7, 11) is 0. The highest BCUT2D eigenvalue weighted by molar-refractivity contribution is 5.49. The van der Waals surface area contributed by atoms with Gasteiger partial charge in [-0.25, -0.2) is 0 Å². The topological polar surface area (TPSA) is 27.0 Å². The highest BCUT2D eigenvalue weighted by atomic mass is 19.4. The molecule has 1 fully saturated rings. The summed E-state index contributed by atoms with van der Waals surface area (Å²) >= 11 is 0. The van der Waals surface area contributed by atoms with E-state index in [1.807, 2.05) is 44.2 Å². The van der Waals surface area contributed by atoms with E-state index in [1.165, 1.54) is 0 Å². The number of alkyl halides is 6. The number of rotatable bonds is 11. The van der Waals surface area contributed by atoms with Crippen molar-refractivity contribution in [3.8, 4) is 6.07 Å². The van der Waals surface area contributed by atoms with Crippen LogP contribution in [0.2, 0.25) is 0 Å². The normalized spacial score (nSPS) is 17.4. The van der Waals surface area contributed by atoms with Crippen LogP contribution in [0, 0.1) is 17.2 Å². The second kappa shape index (κ2) is 12.5. The van der Waals surface area contributed by atoms with Crippen molar-refractivity contribution in [3.63, 3.8) is 0 Å². The highest BCUT2D eigenvalue weighted by Gasteiger charge is 2.52. The zero-order valence-corrected chi connectivity index (χ0v) is 22.0. The van der Waals surface area contributed by atoms with Gasteiger partial charge in [0.2, 0.25) is 0 Å². The lowest BCUT2D eigenvalue weighted by Gasteiger charge is -2.39. The highest BCUT2D eigenvalue weighted by Crippen LogP contribution is 2.52. The molecule has 2 nitrogen and oxygen atoms in total. The molecule has 2 aromatic carbocycles. The van der Waals surface area contributed by atoms with Crippen molar-refractivity contribution in [3.05, 3.63) is 70.8 Å². The smallest absolute Gasteiger partial charge is 0.300 e. The maximum absolute atomic E-state index is 14.2. The van der Waals surface area contributed by atoms with Crippen LogP contribution in [0.1, 0.15) is 81.0 Å². The van der Waals surface area contributed by atoms with E-state index in [2.05, 4.69) is 11.0 Å². The van der Waals surface area contributed by atoms with Crippen LogP contribution >= 0.6 is 0 Å². The van der Waals surface area contributed by atoms with E-state index in [1.54, 1.807) is 0 Å². The lowest BCUT2D eigenvalue weighted by Crippen LogP contribution is -2.41. The van der Waals surface area contributed by atoms with Gasteiger partial charge in [-0.3, -0.25) is 0 Å². The largest absolute Gasteiger partial charge is 0.416 e. The lowest BCUT2D eigenvalue weighted by atomic mass is 9.64. The van der Waals surface area contributed by atoms with Crippen LogP contribution in [0.4, 0.5) is 26.3 Å². The van der Waals surface area contributed by atoms with Crippen molar-refractivity contribution < 1.29 is 26.3 Å². The van der Waals surface area contributed by atoms with Gasteiger partial charge in [0.15, 0.2) is 0 Å². The molecule has 0 radical (unpaired) electrons. The number of benzene rings is 2. The van der Waals surface area contributed by atoms with Crippen LogP contribution in [-0.4, -0.2) is 24.0 Å². The Labute approximate surface area is 221 Å². The summed E-state index contributed by atoms with van der Waals surface area (Å²) < 4.78 is 85.2. The van der Waals surface area contributed by atoms with Crippen LogP contribution in [0.15, 0.2) is 48.5 Å². The van der Waals surface area contributed by atoms with E-state index in [9.17, 15) is 31.6 Å². The van der Waals surface area contributed by atoms with E-state index in [4.69, 9.17) is 0 Å². The van der Waals surface area contributed by atoms with Gasteiger partial charge >= 0.3 is 12.4 Å². The SMILES string of the molecule is CCC(CCC(C#N)(c1c(C(F)(F)F)cccc1C(F)(F)F)C1CCCC1)N(CC)CCc1ccccc1. The van der Waals surface area contributed by atoms with E-state index in [0.29, 0.717) is 57.2 Å². The van der Waals surface area contributed by atoms with Gasteiger partial charge < -0.3 is 4.90 Å². The van der Waals surface area contributed by atoms with E-state index in [-0.39, 0.29) is 12.5 Å². The van der Waals surface area contributed by atoms with E-state index in [0.717, 1.165) is 24.6 Å². The fourth-order valence-electron chi connectivity index (χ4n) is 6.22. The minimum atomic E-state index is -5.01. The Morgan fingerprint density at radius 3 is 1.95 bits per heavy atom. The molecule has 0 heterocycles. The molecule has 1 aliphatic rings. The predicted molar refractivity (Wildman–Crippen MR) is 136 cm³/mol. The lowest BCUT2D eigenvalue weighted by molar-refractivity contribution is -0.145. The summed E-state index contributed by atoms with van der Waals surface area (Å²) in [5.41, 5.74) is -4.28. The summed E-state index contributed by atoms with van der Waals surface area (Å²) in [6.45, 7) is 5.39. The molecule has 0 saturated heterocycles. The summed E-state index contributed by atoms with van der Waals surface area (Å²) in [6.07, 6.45) is -5.98. The van der Waals surface area contributed by atoms with E-state index < -0.39 is 40.4 Å². The van der Waals surface area contributed by atoms with Crippen molar-refractivity contribution in [2.45, 2.75) is 89.0 Å². The summed E-state index contributed by atoms with van der Waals surface area (Å²) in [4.78, 5) is 2.23. The Hall–Kier alpha value is -2.53. The van der Waals surface area contributed by atoms with Crippen molar-refractivity contribution in [1.82, 2.24) is 4.90 Å². The average Bonchev–Trinajstić information content (AvgIpc) is 3.43. The van der Waals surface area contributed by atoms with Crippen LogP contribution < -0.4 is 0 Å². The third kappa shape index (κ3) is 6.72. The molecule has 2 unspecified atom stereocenters. The number of nitriles is 1. The first-order valence-corrected chi connectivity index (χ1v) is 13.4. The van der Waals surface area contributed by atoms with Gasteiger partial charge in [0.05, 0.1) is 22.6 Å². The standard InChI is InChI=1S/C30H36F6N2/c1-3-24(38(4-2)20-18-22-11-6-5-7-12-22)17-19-28(21-37,23-13-8-9-14-23)27-25(29(31,32)33)15-10-16-26(27)30(34,35)36/h5-7,10-12,15-16,23-24H,3-4,8-9,13-14,17-20H2,1-2H3. The van der Waals surface area contributed by atoms with Gasteiger partial charge in [-0.2, -0.15) is 31.6 Å². The number of hydrogen-bond acceptors (Lipinski definition) is 2. The second-order valence-electron chi connectivity index (χ2n) is 10.3. The molecule has 0 aromatic heterocycles. The fourth-order valence-corrected chi connectivity index (χ4v) is 6.22. The summed E-state index contributed by atoms with van der Waals surface area (Å²) in [5.74, 6) is -0.561. The third-order valence-electron chi connectivity index (χ3n) is 8.17. The molecule has 1 saturated carbocycles. The van der Waals surface area contributed by atoms with Gasteiger partial charge in [0.1, 0.15) is 0 Å². The molecule has 0 N–H and O–H groups in total. The molecule has 0 spiro atoms. The molecule has 0 bridgehead atoms. The third-order valence-corrected chi connectivity index (χ3v) is 8.17. The maximum Gasteiger partial charge on any atom is 0.416 e. The molecular weight excluding hydrogens is 502 g/mol. The minimum Gasteiger partial charge on any atom is -0.300 e. The molecule has 0 amide bonds. The Kier molecular flexibility index (Phi) is 9.91. The average molecular weight is 539 g/mol. The molecular formula is C30H36F6N2. The van der Waals surface area contributed by atoms with Gasteiger partial charge in [-0.15, -0.1) is 0 Å². The van der Waals surface area contributed by atoms with Gasteiger partial charge in [0.25, 0.3) is 0 Å². The van der Waals surface area contributed by atoms with E-state index >= 15 is 0 Å². The van der Waals surface area contributed by atoms with Crippen LogP contribution in [-0.2, 0) is 24.2 Å². The van der Waals surface area contributed by atoms with Crippen molar-refractivity contribution in [1.29, 1.82) is 5.26 Å². The van der Waals surface area contributed by atoms with Crippen molar-refractivity contribution in [2.24, 2.45) is 5.92 Å². The minimum absolute atomic E-state index is 0.0509. The molecule has 2 atom stereocenters. The Bertz CT molecular complexity index is 1030. The van der Waals surface area contributed by atoms with Crippen molar-refractivity contribution >= 4 is 0 Å². The number of likely N-dealkylation sites (N-methyl/N-ethyl adjacent to an activating group) is 1. The Morgan fingerprint density at radius 1 is 0.895 bits per heavy atom. The summed E-state index contributed by atoms with van der Waals surface area (Å²) in [5, 5.41) is 10.5.